The number of nitrogens with zero attached hydrogens (tertiary/aromatic N) is 2. The molecular formula is C14H17N3O2. The van der Waals surface area contributed by atoms with Gasteiger partial charge in [0.1, 0.15) is 6.54 Å². The maximum atomic E-state index is 11.9. The van der Waals surface area contributed by atoms with E-state index in [2.05, 4.69) is 10.3 Å². The summed E-state index contributed by atoms with van der Waals surface area (Å²) in [6.45, 7) is 1.71. The van der Waals surface area contributed by atoms with Crippen LogP contribution in [0.3, 0.4) is 0 Å². The third-order valence-corrected chi connectivity index (χ3v) is 3.39. The highest BCUT2D eigenvalue weighted by molar-refractivity contribution is 5.80. The molecular weight excluding hydrogens is 242 g/mol. The number of amides is 1. The van der Waals surface area contributed by atoms with Gasteiger partial charge in [-0.05, 0) is 25.0 Å². The molecule has 1 aromatic heterocycles. The first-order valence-corrected chi connectivity index (χ1v) is 6.61. The number of fused-ring (bicyclic) bond motifs is 1. The van der Waals surface area contributed by atoms with E-state index in [4.69, 9.17) is 4.74 Å². The molecule has 1 fully saturated rings. The molecule has 1 atom stereocenters. The molecule has 1 aromatic carbocycles. The highest BCUT2D eigenvalue weighted by Gasteiger charge is 2.16. The van der Waals surface area contributed by atoms with Crippen molar-refractivity contribution in [3.05, 3.63) is 30.6 Å². The SMILES string of the molecule is O=C(Cn1cnc2ccccc21)NC[C@@H]1CCCO1. The van der Waals surface area contributed by atoms with Crippen LogP contribution in [-0.4, -0.2) is 34.7 Å². The van der Waals surface area contributed by atoms with Crippen LogP contribution in [0.2, 0.25) is 0 Å². The number of hydrogen-bond donors (Lipinski definition) is 1. The van der Waals surface area contributed by atoms with E-state index in [0.29, 0.717) is 13.1 Å². The fraction of sp³-hybridized carbons (Fsp3) is 0.429. The van der Waals surface area contributed by atoms with Gasteiger partial charge in [-0.15, -0.1) is 0 Å². The van der Waals surface area contributed by atoms with Crippen molar-refractivity contribution < 1.29 is 9.53 Å². The number of hydrogen-bond acceptors (Lipinski definition) is 3. The molecule has 0 spiro atoms. The fourth-order valence-electron chi connectivity index (χ4n) is 2.38. The minimum absolute atomic E-state index is 0.00125. The van der Waals surface area contributed by atoms with Gasteiger partial charge < -0.3 is 14.6 Å². The Morgan fingerprint density at radius 3 is 3.21 bits per heavy atom. The Labute approximate surface area is 111 Å². The second kappa shape index (κ2) is 5.40. The number of rotatable bonds is 4. The van der Waals surface area contributed by atoms with Gasteiger partial charge in [-0.1, -0.05) is 12.1 Å². The number of aromatic nitrogens is 2. The number of para-hydroxylation sites is 2. The van der Waals surface area contributed by atoms with Crippen molar-refractivity contribution in [1.82, 2.24) is 14.9 Å². The lowest BCUT2D eigenvalue weighted by Gasteiger charge is -2.11. The van der Waals surface area contributed by atoms with E-state index in [1.165, 1.54) is 0 Å². The van der Waals surface area contributed by atoms with Crippen molar-refractivity contribution in [1.29, 1.82) is 0 Å². The Bertz CT molecular complexity index is 573. The van der Waals surface area contributed by atoms with Gasteiger partial charge in [0.2, 0.25) is 5.91 Å². The molecule has 0 radical (unpaired) electrons. The van der Waals surface area contributed by atoms with E-state index in [1.54, 1.807) is 6.33 Å². The van der Waals surface area contributed by atoms with Crippen LogP contribution >= 0.6 is 0 Å². The van der Waals surface area contributed by atoms with Gasteiger partial charge >= 0.3 is 0 Å². The largest absolute Gasteiger partial charge is 0.376 e. The van der Waals surface area contributed by atoms with Crippen LogP contribution < -0.4 is 5.32 Å². The van der Waals surface area contributed by atoms with Crippen LogP contribution in [0.5, 0.6) is 0 Å². The van der Waals surface area contributed by atoms with Gasteiger partial charge in [0.05, 0.1) is 23.5 Å². The van der Waals surface area contributed by atoms with Crippen molar-refractivity contribution in [2.75, 3.05) is 13.2 Å². The smallest absolute Gasteiger partial charge is 0.240 e. The van der Waals surface area contributed by atoms with Crippen molar-refractivity contribution in [2.24, 2.45) is 0 Å². The summed E-state index contributed by atoms with van der Waals surface area (Å²) < 4.78 is 7.34. The van der Waals surface area contributed by atoms with Gasteiger partial charge in [0.15, 0.2) is 0 Å². The lowest BCUT2D eigenvalue weighted by Crippen LogP contribution is -2.34. The molecule has 1 aliphatic heterocycles. The number of benzene rings is 1. The quantitative estimate of drug-likeness (QED) is 0.901. The lowest BCUT2D eigenvalue weighted by molar-refractivity contribution is -0.122. The molecule has 2 heterocycles. The maximum Gasteiger partial charge on any atom is 0.240 e. The van der Waals surface area contributed by atoms with Gasteiger partial charge in [-0.25, -0.2) is 4.98 Å². The third-order valence-electron chi connectivity index (χ3n) is 3.39. The standard InChI is InChI=1S/C14H17N3O2/c18-14(15-8-11-4-3-7-19-11)9-17-10-16-12-5-1-2-6-13(12)17/h1-2,5-6,10-11H,3-4,7-9H2,(H,15,18)/t11-/m0/s1. The van der Waals surface area contributed by atoms with Crippen LogP contribution in [0.1, 0.15) is 12.8 Å². The predicted molar refractivity (Wildman–Crippen MR) is 71.7 cm³/mol. The first-order chi connectivity index (χ1) is 9.33. The van der Waals surface area contributed by atoms with Crippen molar-refractivity contribution in [3.63, 3.8) is 0 Å². The Hall–Kier alpha value is -1.88. The van der Waals surface area contributed by atoms with Crippen LogP contribution in [0.25, 0.3) is 11.0 Å². The number of imidazole rings is 1. The Kier molecular flexibility index (Phi) is 3.46. The number of ether oxygens (including phenoxy) is 1. The zero-order valence-electron chi connectivity index (χ0n) is 10.7. The first-order valence-electron chi connectivity index (χ1n) is 6.61. The Morgan fingerprint density at radius 2 is 2.37 bits per heavy atom. The highest BCUT2D eigenvalue weighted by atomic mass is 16.5. The topological polar surface area (TPSA) is 56.2 Å². The van der Waals surface area contributed by atoms with E-state index in [-0.39, 0.29) is 12.0 Å². The number of carbonyl (C=O) groups is 1. The van der Waals surface area contributed by atoms with Crippen molar-refractivity contribution in [2.45, 2.75) is 25.5 Å². The molecule has 19 heavy (non-hydrogen) atoms. The molecule has 0 saturated carbocycles. The van der Waals surface area contributed by atoms with Crippen LogP contribution in [0, 0.1) is 0 Å². The van der Waals surface area contributed by atoms with Crippen LogP contribution in [0.15, 0.2) is 30.6 Å². The van der Waals surface area contributed by atoms with Crippen LogP contribution in [0.4, 0.5) is 0 Å². The van der Waals surface area contributed by atoms with Gasteiger partial charge in [0.25, 0.3) is 0 Å². The Morgan fingerprint density at radius 1 is 1.47 bits per heavy atom. The molecule has 2 aromatic rings. The molecule has 5 heteroatoms. The van der Waals surface area contributed by atoms with Gasteiger partial charge in [-0.2, -0.15) is 0 Å². The molecule has 0 aliphatic carbocycles. The summed E-state index contributed by atoms with van der Waals surface area (Å²) in [6.07, 6.45) is 4.01. The van der Waals surface area contributed by atoms with E-state index in [9.17, 15) is 4.79 Å². The normalized spacial score (nSPS) is 18.8. The number of carbonyl (C=O) groups excluding carboxylic acids is 1. The average Bonchev–Trinajstić information content (AvgIpc) is 3.07. The summed E-state index contributed by atoms with van der Waals surface area (Å²) in [6, 6.07) is 7.80. The second-order valence-electron chi connectivity index (χ2n) is 4.80. The summed E-state index contributed by atoms with van der Waals surface area (Å²) in [5, 5.41) is 2.92. The minimum atomic E-state index is -0.00125. The summed E-state index contributed by atoms with van der Waals surface area (Å²) >= 11 is 0. The monoisotopic (exact) mass is 259 g/mol. The molecule has 0 unspecified atom stereocenters. The van der Waals surface area contributed by atoms with Crippen LogP contribution in [-0.2, 0) is 16.1 Å². The third kappa shape index (κ3) is 2.76. The van der Waals surface area contributed by atoms with E-state index >= 15 is 0 Å². The van der Waals surface area contributed by atoms with Crippen molar-refractivity contribution >= 4 is 16.9 Å². The van der Waals surface area contributed by atoms with Gasteiger partial charge in [0, 0.05) is 13.2 Å². The van der Waals surface area contributed by atoms with Crippen molar-refractivity contribution in [3.8, 4) is 0 Å². The number of nitrogens with one attached hydrogen (secondary N) is 1. The molecule has 1 aliphatic rings. The molecule has 3 rings (SSSR count). The molecule has 5 nitrogen and oxygen atoms in total. The average molecular weight is 259 g/mol. The zero-order chi connectivity index (χ0) is 13.1. The van der Waals surface area contributed by atoms with E-state index in [0.717, 1.165) is 30.5 Å². The highest BCUT2D eigenvalue weighted by Crippen LogP contribution is 2.12. The summed E-state index contributed by atoms with van der Waals surface area (Å²) in [4.78, 5) is 16.2. The maximum absolute atomic E-state index is 11.9. The first kappa shape index (κ1) is 12.2. The Balaban J connectivity index is 1.59. The predicted octanol–water partition coefficient (Wildman–Crippen LogP) is 1.33. The molecule has 1 amide bonds. The molecule has 100 valence electrons. The molecule has 1 saturated heterocycles. The second-order valence-corrected chi connectivity index (χ2v) is 4.80. The summed E-state index contributed by atoms with van der Waals surface area (Å²) in [5.74, 6) is -0.00125. The van der Waals surface area contributed by atoms with E-state index in [1.807, 2.05) is 28.8 Å². The summed E-state index contributed by atoms with van der Waals surface area (Å²) in [7, 11) is 0. The fourth-order valence-corrected chi connectivity index (χ4v) is 2.38. The summed E-state index contributed by atoms with van der Waals surface area (Å²) in [5.41, 5.74) is 1.89. The molecule has 1 N–H and O–H groups in total. The zero-order valence-corrected chi connectivity index (χ0v) is 10.7. The lowest BCUT2D eigenvalue weighted by atomic mass is 10.2. The van der Waals surface area contributed by atoms with E-state index < -0.39 is 0 Å². The van der Waals surface area contributed by atoms with Gasteiger partial charge in [-0.3, -0.25) is 4.79 Å². The minimum Gasteiger partial charge on any atom is -0.376 e. The molecule has 0 bridgehead atoms.